The molecule has 36 heavy (non-hydrogen) atoms. The molecule has 1 aromatic rings. The van der Waals surface area contributed by atoms with Crippen LogP contribution in [0.1, 0.15) is 39.0 Å². The number of hydrogen-bond acceptors (Lipinski definition) is 13. The van der Waals surface area contributed by atoms with Crippen LogP contribution >= 0.6 is 23.1 Å². The highest BCUT2D eigenvalue weighted by atomic mass is 32.2. The van der Waals surface area contributed by atoms with Gasteiger partial charge in [0.2, 0.25) is 12.2 Å². The Hall–Kier alpha value is -3.33. The summed E-state index contributed by atoms with van der Waals surface area (Å²) < 4.78 is 15.1. The molecule has 0 aromatic carbocycles. The molecule has 0 aliphatic carbocycles. The summed E-state index contributed by atoms with van der Waals surface area (Å²) in [6.07, 6.45) is -0.763. The topological polar surface area (TPSA) is 172 Å². The minimum absolute atomic E-state index is 0.0845. The van der Waals surface area contributed by atoms with E-state index in [1.807, 2.05) is 6.92 Å². The van der Waals surface area contributed by atoms with Crippen LogP contribution in [-0.4, -0.2) is 76.5 Å². The van der Waals surface area contributed by atoms with E-state index in [0.29, 0.717) is 16.9 Å². The summed E-state index contributed by atoms with van der Waals surface area (Å²) >= 11 is 2.34. The summed E-state index contributed by atoms with van der Waals surface area (Å²) in [6, 6.07) is -1.95. The smallest absolute Gasteiger partial charge is 0.431 e. The molecular formula is C21H27N5O8S2. The maximum Gasteiger partial charge on any atom is 0.511 e. The Bertz CT molecular complexity index is 1090. The maximum atomic E-state index is 13.1. The Balaban J connectivity index is 1.70. The third-order valence-electron chi connectivity index (χ3n) is 5.02. The number of nitrogen functional groups attached to an aromatic ring is 1. The molecule has 196 valence electrons. The van der Waals surface area contributed by atoms with Crippen LogP contribution < -0.4 is 11.1 Å². The molecule has 0 spiro atoms. The van der Waals surface area contributed by atoms with Crippen molar-refractivity contribution >= 4 is 57.9 Å². The first-order chi connectivity index (χ1) is 17.1. The lowest BCUT2D eigenvalue weighted by molar-refractivity contribution is -0.179. The quantitative estimate of drug-likeness (QED) is 0.153. The van der Waals surface area contributed by atoms with Gasteiger partial charge in [-0.2, -0.15) is 0 Å². The predicted molar refractivity (Wildman–Crippen MR) is 131 cm³/mol. The number of β-lactam (4-membered cyclic amide) rings is 1. The summed E-state index contributed by atoms with van der Waals surface area (Å²) in [4.78, 5) is 61.0. The normalized spacial score (nSPS) is 22.1. The molecule has 1 fully saturated rings. The second-order valence-electron chi connectivity index (χ2n) is 7.90. The Morgan fingerprint density at radius 1 is 1.25 bits per heavy atom. The van der Waals surface area contributed by atoms with E-state index in [1.54, 1.807) is 19.3 Å². The summed E-state index contributed by atoms with van der Waals surface area (Å²) in [5.74, 6) is -1.90. The summed E-state index contributed by atoms with van der Waals surface area (Å²) in [6.45, 7) is 6.51. The third kappa shape index (κ3) is 5.90. The molecule has 1 saturated heterocycles. The molecule has 2 amide bonds. The summed E-state index contributed by atoms with van der Waals surface area (Å²) in [5, 5.41) is 7.83. The molecule has 3 heterocycles. The fourth-order valence-electron chi connectivity index (χ4n) is 3.48. The Morgan fingerprint density at radius 2 is 1.97 bits per heavy atom. The highest BCUT2D eigenvalue weighted by molar-refractivity contribution is 8.02. The molecule has 4 unspecified atom stereocenters. The van der Waals surface area contributed by atoms with Crippen molar-refractivity contribution in [1.82, 2.24) is 15.2 Å². The number of amides is 2. The largest absolute Gasteiger partial charge is 0.511 e. The fraction of sp³-hybridized carbons (Fsp3) is 0.524. The molecule has 15 heteroatoms. The highest BCUT2D eigenvalue weighted by Gasteiger charge is 2.56. The van der Waals surface area contributed by atoms with Gasteiger partial charge in [-0.05, 0) is 31.2 Å². The number of aromatic nitrogens is 1. The number of thiazole rings is 1. The number of carbonyl (C=O) groups is 4. The molecule has 1 aromatic heterocycles. The zero-order valence-corrected chi connectivity index (χ0v) is 21.9. The van der Waals surface area contributed by atoms with Crippen molar-refractivity contribution in [2.24, 2.45) is 5.16 Å². The Morgan fingerprint density at radius 3 is 2.56 bits per heavy atom. The van der Waals surface area contributed by atoms with Crippen molar-refractivity contribution in [3.8, 4) is 0 Å². The van der Waals surface area contributed by atoms with Gasteiger partial charge in [0.05, 0.1) is 11.0 Å². The molecule has 13 nitrogen and oxygen atoms in total. The molecule has 0 bridgehead atoms. The van der Waals surface area contributed by atoms with Gasteiger partial charge >= 0.3 is 12.1 Å². The molecule has 0 saturated carbocycles. The van der Waals surface area contributed by atoms with E-state index < -0.39 is 53.8 Å². The van der Waals surface area contributed by atoms with Crippen LogP contribution in [0.2, 0.25) is 0 Å². The number of carbonyl (C=O) groups excluding carboxylic acids is 4. The van der Waals surface area contributed by atoms with E-state index in [2.05, 4.69) is 15.5 Å². The number of anilines is 1. The van der Waals surface area contributed by atoms with E-state index in [9.17, 15) is 19.2 Å². The van der Waals surface area contributed by atoms with Crippen LogP contribution in [0, 0.1) is 0 Å². The average molecular weight is 542 g/mol. The molecule has 3 rings (SSSR count). The number of oxime groups is 1. The van der Waals surface area contributed by atoms with Gasteiger partial charge in [-0.25, -0.2) is 14.6 Å². The van der Waals surface area contributed by atoms with E-state index in [4.69, 9.17) is 24.8 Å². The van der Waals surface area contributed by atoms with Gasteiger partial charge in [-0.3, -0.25) is 9.59 Å². The van der Waals surface area contributed by atoms with Crippen LogP contribution in [0.4, 0.5) is 9.93 Å². The first kappa shape index (κ1) is 27.3. The number of fused-ring (bicyclic) bond motifs is 1. The molecule has 2 aliphatic rings. The van der Waals surface area contributed by atoms with E-state index in [0.717, 1.165) is 11.3 Å². The lowest BCUT2D eigenvalue weighted by atomic mass is 9.96. The van der Waals surface area contributed by atoms with Crippen molar-refractivity contribution in [3.05, 3.63) is 22.1 Å². The van der Waals surface area contributed by atoms with E-state index in [-0.39, 0.29) is 10.8 Å². The van der Waals surface area contributed by atoms with Gasteiger partial charge in [0.15, 0.2) is 16.9 Å². The average Bonchev–Trinajstić information content (AvgIpc) is 3.24. The van der Waals surface area contributed by atoms with E-state index >= 15 is 0 Å². The third-order valence-corrected chi connectivity index (χ3v) is 7.07. The first-order valence-electron chi connectivity index (χ1n) is 10.9. The zero-order valence-electron chi connectivity index (χ0n) is 20.3. The van der Waals surface area contributed by atoms with Crippen molar-refractivity contribution in [2.45, 2.75) is 64.0 Å². The number of ether oxygens (including phenoxy) is 3. The summed E-state index contributed by atoms with van der Waals surface area (Å²) in [5.41, 5.74) is 6.21. The minimum atomic E-state index is -1.23. The molecule has 2 aliphatic heterocycles. The Labute approximate surface area is 215 Å². The second kappa shape index (κ2) is 11.6. The molecular weight excluding hydrogens is 514 g/mol. The van der Waals surface area contributed by atoms with Crippen LogP contribution in [-0.2, 0) is 33.4 Å². The number of nitrogens with two attached hydrogens (primary N) is 1. The number of rotatable bonds is 9. The lowest BCUT2D eigenvalue weighted by Crippen LogP contribution is -2.74. The minimum Gasteiger partial charge on any atom is -0.431 e. The van der Waals surface area contributed by atoms with Gasteiger partial charge in [0.1, 0.15) is 18.5 Å². The maximum absolute atomic E-state index is 13.1. The second-order valence-corrected chi connectivity index (χ2v) is 9.95. The SMILES string of the molecule is CCC1=CSC2C(NC(=O)/C(=N\OC)c3cnc(N)s3)C(=O)N2C1C(=O)OC(C)OC(=O)OC(C)C. The zero-order chi connectivity index (χ0) is 26.6. The Kier molecular flexibility index (Phi) is 8.79. The number of thioether (sulfide) groups is 1. The van der Waals surface area contributed by atoms with Crippen molar-refractivity contribution < 1.29 is 38.2 Å². The molecule has 4 atom stereocenters. The first-order valence-corrected chi connectivity index (χ1v) is 12.7. The highest BCUT2D eigenvalue weighted by Crippen LogP contribution is 2.41. The van der Waals surface area contributed by atoms with Crippen LogP contribution in [0.3, 0.4) is 0 Å². The number of nitrogens with one attached hydrogen (secondary N) is 1. The van der Waals surface area contributed by atoms with Crippen LogP contribution in [0.15, 0.2) is 22.3 Å². The van der Waals surface area contributed by atoms with Crippen molar-refractivity contribution in [3.63, 3.8) is 0 Å². The summed E-state index contributed by atoms with van der Waals surface area (Å²) in [7, 11) is 1.28. The lowest BCUT2D eigenvalue weighted by Gasteiger charge is -2.51. The van der Waals surface area contributed by atoms with Gasteiger partial charge in [0.25, 0.3) is 5.91 Å². The number of nitrogens with zero attached hydrogens (tertiary/aromatic N) is 3. The molecule has 0 radical (unpaired) electrons. The molecule has 3 N–H and O–H groups in total. The van der Waals surface area contributed by atoms with Crippen molar-refractivity contribution in [1.29, 1.82) is 0 Å². The fourth-order valence-corrected chi connectivity index (χ4v) is 5.45. The predicted octanol–water partition coefficient (Wildman–Crippen LogP) is 1.59. The van der Waals surface area contributed by atoms with Crippen molar-refractivity contribution in [2.75, 3.05) is 12.8 Å². The van der Waals surface area contributed by atoms with E-state index in [1.165, 1.54) is 36.9 Å². The monoisotopic (exact) mass is 541 g/mol. The standard InChI is InChI=1S/C21H27N5O8S2/c1-6-11-8-35-18-14(24-16(27)13(25-31-5)12-7-23-20(22)36-12)17(28)26(18)15(11)19(29)33-10(4)34-21(30)32-9(2)3/h7-10,14-15,18H,6H2,1-5H3,(H2,22,23)(H,24,27)/b25-13-. The van der Waals surface area contributed by atoms with Gasteiger partial charge < -0.3 is 35.0 Å². The van der Waals surface area contributed by atoms with Crippen LogP contribution in [0.25, 0.3) is 0 Å². The van der Waals surface area contributed by atoms with Gasteiger partial charge in [-0.1, -0.05) is 23.4 Å². The van der Waals surface area contributed by atoms with Gasteiger partial charge in [0, 0.05) is 13.1 Å². The van der Waals surface area contributed by atoms with Gasteiger partial charge in [-0.15, -0.1) is 11.8 Å². The number of esters is 1. The number of hydrogen-bond donors (Lipinski definition) is 2. The van der Waals surface area contributed by atoms with Crippen LogP contribution in [0.5, 0.6) is 0 Å².